The van der Waals surface area contributed by atoms with E-state index in [0.717, 1.165) is 43.8 Å². The molecule has 19 heavy (non-hydrogen) atoms. The number of halogens is 1. The average molecular weight is 264 g/mol. The fourth-order valence-corrected chi connectivity index (χ4v) is 3.03. The molecule has 5 heteroatoms. The van der Waals surface area contributed by atoms with Gasteiger partial charge in [0.2, 0.25) is 0 Å². The topological polar surface area (TPSA) is 32.3 Å². The minimum atomic E-state index is -0.376. The number of rotatable bonds is 3. The minimum absolute atomic E-state index is 0.0829. The van der Waals surface area contributed by atoms with E-state index in [-0.39, 0.29) is 17.4 Å². The first-order valence-electron chi connectivity index (χ1n) is 6.79. The fraction of sp³-hybridized carbons (Fsp3) is 0.500. The third-order valence-electron chi connectivity index (χ3n) is 4.30. The van der Waals surface area contributed by atoms with E-state index < -0.39 is 0 Å². The molecule has 3 heterocycles. The van der Waals surface area contributed by atoms with Gasteiger partial charge in [0, 0.05) is 19.6 Å². The summed E-state index contributed by atoms with van der Waals surface area (Å²) in [5.41, 5.74) is 0.279. The van der Waals surface area contributed by atoms with E-state index in [1.807, 2.05) is 0 Å². The molecule has 3 aliphatic rings. The number of anilines is 1. The Morgan fingerprint density at radius 3 is 2.47 bits per heavy atom. The zero-order valence-electron chi connectivity index (χ0n) is 10.9. The summed E-state index contributed by atoms with van der Waals surface area (Å²) in [5, 5.41) is 2.69. The van der Waals surface area contributed by atoms with E-state index >= 15 is 0 Å². The summed E-state index contributed by atoms with van der Waals surface area (Å²) in [7, 11) is 0. The quantitative estimate of drug-likeness (QED) is 0.823. The van der Waals surface area contributed by atoms with E-state index in [0.29, 0.717) is 6.54 Å². The number of fused-ring (bicyclic) bond motifs is 3. The van der Waals surface area contributed by atoms with Crippen molar-refractivity contribution in [2.75, 3.05) is 51.1 Å². The van der Waals surface area contributed by atoms with Gasteiger partial charge in [-0.25, -0.2) is 4.39 Å². The van der Waals surface area contributed by atoms with Gasteiger partial charge >= 0.3 is 0 Å². The lowest BCUT2D eigenvalue weighted by atomic mass is 10.1. The fourth-order valence-electron chi connectivity index (χ4n) is 3.03. The van der Waals surface area contributed by atoms with E-state index in [4.69, 9.17) is 0 Å². The molecule has 4 nitrogen and oxygen atoms in total. The van der Waals surface area contributed by atoms with Crippen molar-refractivity contribution in [1.29, 1.82) is 0 Å². The molecule has 3 fully saturated rings. The molecule has 2 bridgehead atoms. The van der Waals surface area contributed by atoms with Crippen LogP contribution in [0.5, 0.6) is 0 Å². The molecular weight excluding hydrogens is 245 g/mol. The Bertz CT molecular complexity index is 470. The Kier molecular flexibility index (Phi) is 3.24. The normalized spacial score (nSPS) is 29.2. The lowest BCUT2D eigenvalue weighted by Crippen LogP contribution is -2.68. The van der Waals surface area contributed by atoms with E-state index in [9.17, 15) is 9.18 Å². The minimum Gasteiger partial charge on any atom is -0.319 e. The highest BCUT2D eigenvalue weighted by atomic mass is 19.1. The number of hydrogen-bond donors (Lipinski definition) is 1. The van der Waals surface area contributed by atoms with Crippen LogP contribution in [0.25, 0.3) is 0 Å². The summed E-state index contributed by atoms with van der Waals surface area (Å²) in [6, 6.07) is 6.31. The molecule has 0 unspecified atom stereocenters. The Morgan fingerprint density at radius 1 is 1.21 bits per heavy atom. The van der Waals surface area contributed by atoms with E-state index in [2.05, 4.69) is 10.2 Å². The van der Waals surface area contributed by atoms with Gasteiger partial charge in [0.1, 0.15) is 5.82 Å². The number of piperazine rings is 3. The van der Waals surface area contributed by atoms with Crippen LogP contribution in [0, 0.1) is 5.82 Å². The van der Waals surface area contributed by atoms with Crippen LogP contribution in [-0.4, -0.2) is 61.1 Å². The van der Waals surface area contributed by atoms with Crippen molar-refractivity contribution in [3.05, 3.63) is 30.1 Å². The third kappa shape index (κ3) is 2.62. The smallest absolute Gasteiger partial charge is 0.279 e. The highest BCUT2D eigenvalue weighted by molar-refractivity contribution is 5.91. The summed E-state index contributed by atoms with van der Waals surface area (Å²) in [5.74, 6) is -0.459. The first kappa shape index (κ1) is 12.6. The first-order valence-corrected chi connectivity index (χ1v) is 6.79. The number of nitrogens with one attached hydrogen (secondary N) is 1. The number of carbonyl (C=O) groups is 1. The highest BCUT2D eigenvalue weighted by Gasteiger charge is 2.39. The second-order valence-corrected chi connectivity index (χ2v) is 5.54. The zero-order chi connectivity index (χ0) is 13.3. The monoisotopic (exact) mass is 264 g/mol. The van der Waals surface area contributed by atoms with Gasteiger partial charge in [-0.3, -0.25) is 9.69 Å². The summed E-state index contributed by atoms with van der Waals surface area (Å²) in [6.07, 6.45) is 0. The number of benzene rings is 1. The van der Waals surface area contributed by atoms with Crippen LogP contribution in [0.2, 0.25) is 0 Å². The predicted octanol–water partition coefficient (Wildman–Crippen LogP) is 0.910. The molecule has 3 saturated heterocycles. The van der Waals surface area contributed by atoms with Gasteiger partial charge in [-0.2, -0.15) is 0 Å². The van der Waals surface area contributed by atoms with Gasteiger partial charge in [-0.05, 0) is 12.1 Å². The molecule has 4 rings (SSSR count). The predicted molar refractivity (Wildman–Crippen MR) is 71.2 cm³/mol. The Hall–Kier alpha value is -1.46. The molecule has 1 aromatic rings. The number of nitrogens with zero attached hydrogens (tertiary/aromatic N) is 2. The Balaban J connectivity index is 1.64. The SMILES string of the molecule is O=C(C[N+]12CCN(CC1)CC2)Nc1ccccc1F. The number of amides is 1. The van der Waals surface area contributed by atoms with Crippen LogP contribution >= 0.6 is 0 Å². The van der Waals surface area contributed by atoms with Gasteiger partial charge in [0.25, 0.3) is 5.91 Å². The van der Waals surface area contributed by atoms with Gasteiger partial charge in [0.05, 0.1) is 25.3 Å². The summed E-state index contributed by atoms with van der Waals surface area (Å²) in [6.45, 7) is 6.79. The number of para-hydroxylation sites is 1. The van der Waals surface area contributed by atoms with Crippen molar-refractivity contribution in [3.8, 4) is 0 Å². The molecule has 0 spiro atoms. The van der Waals surface area contributed by atoms with Crippen LogP contribution in [-0.2, 0) is 4.79 Å². The second kappa shape index (κ2) is 4.90. The largest absolute Gasteiger partial charge is 0.319 e. The van der Waals surface area contributed by atoms with Gasteiger partial charge in [-0.15, -0.1) is 0 Å². The first-order chi connectivity index (χ1) is 9.17. The van der Waals surface area contributed by atoms with E-state index in [1.165, 1.54) is 6.07 Å². The summed E-state index contributed by atoms with van der Waals surface area (Å²) in [4.78, 5) is 14.5. The van der Waals surface area contributed by atoms with Crippen molar-refractivity contribution in [2.24, 2.45) is 0 Å². The van der Waals surface area contributed by atoms with Crippen LogP contribution in [0.4, 0.5) is 10.1 Å². The van der Waals surface area contributed by atoms with Gasteiger partial charge in [-0.1, -0.05) is 12.1 Å². The van der Waals surface area contributed by atoms with Gasteiger partial charge in [0.15, 0.2) is 6.54 Å². The summed E-state index contributed by atoms with van der Waals surface area (Å²) >= 11 is 0. The maximum atomic E-state index is 13.5. The van der Waals surface area contributed by atoms with Crippen molar-refractivity contribution >= 4 is 11.6 Å². The Morgan fingerprint density at radius 2 is 1.84 bits per heavy atom. The molecule has 0 radical (unpaired) electrons. The molecular formula is C14H19FN3O+. The molecule has 102 valence electrons. The Labute approximate surface area is 112 Å². The van der Waals surface area contributed by atoms with Gasteiger partial charge < -0.3 is 9.80 Å². The molecule has 1 aromatic carbocycles. The molecule has 0 aliphatic carbocycles. The maximum Gasteiger partial charge on any atom is 0.279 e. The van der Waals surface area contributed by atoms with E-state index in [1.54, 1.807) is 18.2 Å². The van der Waals surface area contributed by atoms with Crippen LogP contribution in [0.3, 0.4) is 0 Å². The van der Waals surface area contributed by atoms with Crippen molar-refractivity contribution < 1.29 is 13.7 Å². The van der Waals surface area contributed by atoms with Crippen LogP contribution in [0.1, 0.15) is 0 Å². The molecule has 3 aliphatic heterocycles. The molecule has 0 atom stereocenters. The lowest BCUT2D eigenvalue weighted by Gasteiger charge is -2.50. The standard InChI is InChI=1S/C14H18FN3O/c15-12-3-1-2-4-13(12)16-14(19)11-18-8-5-17(6-9-18)7-10-18/h1-4H,5-11H2/p+1. The maximum absolute atomic E-state index is 13.5. The molecule has 0 aromatic heterocycles. The number of quaternary nitrogens is 1. The number of carbonyl (C=O) groups excluding carboxylic acids is 1. The van der Waals surface area contributed by atoms with Crippen LogP contribution < -0.4 is 5.32 Å². The molecule has 1 N–H and O–H groups in total. The highest BCUT2D eigenvalue weighted by Crippen LogP contribution is 2.20. The van der Waals surface area contributed by atoms with Crippen molar-refractivity contribution in [2.45, 2.75) is 0 Å². The van der Waals surface area contributed by atoms with Crippen molar-refractivity contribution in [3.63, 3.8) is 0 Å². The number of hydrogen-bond acceptors (Lipinski definition) is 2. The van der Waals surface area contributed by atoms with Crippen molar-refractivity contribution in [1.82, 2.24) is 4.90 Å². The average Bonchev–Trinajstić information content (AvgIpc) is 2.43. The molecule has 0 saturated carbocycles. The zero-order valence-corrected chi connectivity index (χ0v) is 10.9. The summed E-state index contributed by atoms with van der Waals surface area (Å²) < 4.78 is 14.3. The second-order valence-electron chi connectivity index (χ2n) is 5.54. The van der Waals surface area contributed by atoms with Crippen LogP contribution in [0.15, 0.2) is 24.3 Å². The third-order valence-corrected chi connectivity index (χ3v) is 4.30. The lowest BCUT2D eigenvalue weighted by molar-refractivity contribution is -0.933. The molecule has 1 amide bonds.